The zero-order valence-electron chi connectivity index (χ0n) is 15.9. The van der Waals surface area contributed by atoms with Crippen LogP contribution in [0.15, 0.2) is 45.3 Å². The third-order valence-corrected chi connectivity index (χ3v) is 6.28. The van der Waals surface area contributed by atoms with Crippen LogP contribution in [0, 0.1) is 0 Å². The smallest absolute Gasteiger partial charge is 0.279 e. The van der Waals surface area contributed by atoms with Gasteiger partial charge in [0, 0.05) is 24.8 Å². The zero-order valence-corrected chi connectivity index (χ0v) is 17.5. The van der Waals surface area contributed by atoms with Gasteiger partial charge in [-0.1, -0.05) is 58.6 Å². The summed E-state index contributed by atoms with van der Waals surface area (Å²) < 4.78 is 11.3. The number of rotatable bonds is 8. The Morgan fingerprint density at radius 2 is 2.10 bits per heavy atom. The van der Waals surface area contributed by atoms with Crippen LogP contribution in [0.2, 0.25) is 0 Å². The lowest BCUT2D eigenvalue weighted by molar-refractivity contribution is -0.119. The lowest BCUT2D eigenvalue weighted by atomic mass is 10.1. The number of nitrogens with zero attached hydrogens (tertiary/aromatic N) is 3. The van der Waals surface area contributed by atoms with Crippen molar-refractivity contribution >= 4 is 40.0 Å². The lowest BCUT2D eigenvalue weighted by Gasteiger charge is -2.09. The average Bonchev–Trinajstić information content (AvgIpc) is 3.53. The number of hydrogen-bond acceptors (Lipinski definition) is 9. The second kappa shape index (κ2) is 9.83. The van der Waals surface area contributed by atoms with Crippen LogP contribution in [-0.4, -0.2) is 52.2 Å². The number of aromatic nitrogens is 3. The molecule has 1 fully saturated rings. The number of amides is 2. The molecule has 9 nitrogen and oxygen atoms in total. The first-order chi connectivity index (χ1) is 14.7. The Balaban J connectivity index is 1.25. The molecule has 2 aromatic heterocycles. The van der Waals surface area contributed by atoms with E-state index >= 15 is 0 Å². The number of ether oxygens (including phenoxy) is 1. The summed E-state index contributed by atoms with van der Waals surface area (Å²) in [6, 6.07) is 11.0. The third kappa shape index (κ3) is 5.43. The van der Waals surface area contributed by atoms with Gasteiger partial charge in [-0.2, -0.15) is 0 Å². The van der Waals surface area contributed by atoms with E-state index in [0.29, 0.717) is 21.8 Å². The summed E-state index contributed by atoms with van der Waals surface area (Å²) in [6.07, 6.45) is 2.13. The highest BCUT2D eigenvalue weighted by Gasteiger charge is 2.18. The molecule has 1 aliphatic rings. The average molecular weight is 446 g/mol. The molecule has 11 heteroatoms. The highest BCUT2D eigenvalue weighted by molar-refractivity contribution is 8.01. The van der Waals surface area contributed by atoms with Crippen molar-refractivity contribution in [3.05, 3.63) is 42.1 Å². The van der Waals surface area contributed by atoms with Crippen molar-refractivity contribution in [2.45, 2.75) is 23.3 Å². The van der Waals surface area contributed by atoms with E-state index in [-0.39, 0.29) is 23.5 Å². The Kier molecular flexibility index (Phi) is 6.72. The highest BCUT2D eigenvalue weighted by atomic mass is 32.2. The maximum absolute atomic E-state index is 12.4. The maximum atomic E-state index is 12.4. The first-order valence-corrected chi connectivity index (χ1v) is 11.2. The van der Waals surface area contributed by atoms with Gasteiger partial charge in [-0.25, -0.2) is 0 Å². The van der Waals surface area contributed by atoms with Gasteiger partial charge in [-0.05, 0) is 12.8 Å². The Morgan fingerprint density at radius 1 is 1.23 bits per heavy atom. The van der Waals surface area contributed by atoms with Crippen LogP contribution in [0.3, 0.4) is 0 Å². The fourth-order valence-corrected chi connectivity index (χ4v) is 4.39. The van der Waals surface area contributed by atoms with Crippen LogP contribution in [0.4, 0.5) is 5.13 Å². The van der Waals surface area contributed by atoms with Gasteiger partial charge in [-0.15, -0.1) is 10.2 Å². The number of carbonyl (C=O) groups excluding carboxylic acids is 2. The van der Waals surface area contributed by atoms with Crippen molar-refractivity contribution in [3.63, 3.8) is 0 Å². The minimum Gasteiger partial charge on any atom is -0.376 e. The number of thioether (sulfide) groups is 1. The van der Waals surface area contributed by atoms with E-state index in [1.165, 1.54) is 23.1 Å². The first-order valence-electron chi connectivity index (χ1n) is 9.35. The standard InChI is InChI=1S/C19H19N5O4S2/c25-16(20-10-13-7-4-8-27-13)11-29-19-23-22-18(30-19)21-17(26)14-9-15(28-24-14)12-5-2-1-3-6-12/h1-3,5-6,9,13H,4,7-8,10-11H2,(H,20,25)(H,21,22,26). The molecule has 1 saturated heterocycles. The highest BCUT2D eigenvalue weighted by Crippen LogP contribution is 2.26. The molecule has 30 heavy (non-hydrogen) atoms. The van der Waals surface area contributed by atoms with Crippen LogP contribution in [0.1, 0.15) is 23.3 Å². The summed E-state index contributed by atoms with van der Waals surface area (Å²) in [4.78, 5) is 24.3. The van der Waals surface area contributed by atoms with E-state index in [9.17, 15) is 9.59 Å². The van der Waals surface area contributed by atoms with Gasteiger partial charge >= 0.3 is 0 Å². The number of benzene rings is 1. The summed E-state index contributed by atoms with van der Waals surface area (Å²) in [5.41, 5.74) is 0.975. The molecule has 4 rings (SSSR count). The summed E-state index contributed by atoms with van der Waals surface area (Å²) in [5.74, 6) is 0.192. The summed E-state index contributed by atoms with van der Waals surface area (Å²) in [5, 5.41) is 17.6. The molecule has 156 valence electrons. The molecule has 0 spiro atoms. The number of carbonyl (C=O) groups is 2. The van der Waals surface area contributed by atoms with E-state index in [4.69, 9.17) is 9.26 Å². The van der Waals surface area contributed by atoms with E-state index in [2.05, 4.69) is 26.0 Å². The zero-order chi connectivity index (χ0) is 20.8. The third-order valence-electron chi connectivity index (χ3n) is 4.31. The monoisotopic (exact) mass is 445 g/mol. The van der Waals surface area contributed by atoms with Crippen LogP contribution >= 0.6 is 23.1 Å². The number of anilines is 1. The SMILES string of the molecule is O=C(CSc1nnc(NC(=O)c2cc(-c3ccccc3)on2)s1)NCC1CCCO1. The Morgan fingerprint density at radius 3 is 2.90 bits per heavy atom. The van der Waals surface area contributed by atoms with Crippen molar-refractivity contribution in [2.75, 3.05) is 24.2 Å². The van der Waals surface area contributed by atoms with Crippen LogP contribution in [0.25, 0.3) is 11.3 Å². The minimum atomic E-state index is -0.442. The molecular formula is C19H19N5O4S2. The first kappa shape index (κ1) is 20.5. The van der Waals surface area contributed by atoms with Crippen LogP contribution in [-0.2, 0) is 9.53 Å². The minimum absolute atomic E-state index is 0.0904. The second-order valence-corrected chi connectivity index (χ2v) is 8.70. The molecule has 1 aliphatic heterocycles. The largest absolute Gasteiger partial charge is 0.376 e. The van der Waals surface area contributed by atoms with E-state index in [0.717, 1.165) is 25.0 Å². The fraction of sp³-hybridized carbons (Fsp3) is 0.316. The summed E-state index contributed by atoms with van der Waals surface area (Å²) >= 11 is 2.45. The van der Waals surface area contributed by atoms with Gasteiger partial charge in [0.25, 0.3) is 5.91 Å². The molecule has 1 atom stereocenters. The molecule has 1 aromatic carbocycles. The van der Waals surface area contributed by atoms with Gasteiger partial charge in [0.2, 0.25) is 11.0 Å². The summed E-state index contributed by atoms with van der Waals surface area (Å²) in [7, 11) is 0. The van der Waals surface area contributed by atoms with E-state index < -0.39 is 5.91 Å². The Hall–Kier alpha value is -2.76. The molecule has 2 amide bonds. The van der Waals surface area contributed by atoms with Crippen molar-refractivity contribution in [1.82, 2.24) is 20.7 Å². The van der Waals surface area contributed by atoms with Crippen molar-refractivity contribution in [2.24, 2.45) is 0 Å². The fourth-order valence-electron chi connectivity index (χ4n) is 2.81. The van der Waals surface area contributed by atoms with E-state index in [1.807, 2.05) is 30.3 Å². The van der Waals surface area contributed by atoms with Gasteiger partial charge in [0.15, 0.2) is 15.8 Å². The molecule has 3 heterocycles. The summed E-state index contributed by atoms with van der Waals surface area (Å²) in [6.45, 7) is 1.29. The predicted molar refractivity (Wildman–Crippen MR) is 113 cm³/mol. The van der Waals surface area contributed by atoms with E-state index in [1.54, 1.807) is 6.07 Å². The molecule has 0 bridgehead atoms. The lowest BCUT2D eigenvalue weighted by Crippen LogP contribution is -2.32. The van der Waals surface area contributed by atoms with Gasteiger partial charge in [0.1, 0.15) is 0 Å². The molecular weight excluding hydrogens is 426 g/mol. The molecule has 0 radical (unpaired) electrons. The maximum Gasteiger partial charge on any atom is 0.279 e. The molecule has 1 unspecified atom stereocenters. The predicted octanol–water partition coefficient (Wildman–Crippen LogP) is 2.83. The van der Waals surface area contributed by atoms with Gasteiger partial charge in [0.05, 0.1) is 11.9 Å². The van der Waals surface area contributed by atoms with Crippen molar-refractivity contribution < 1.29 is 18.8 Å². The molecule has 0 aliphatic carbocycles. The molecule has 2 N–H and O–H groups in total. The van der Waals surface area contributed by atoms with Crippen LogP contribution in [0.5, 0.6) is 0 Å². The van der Waals surface area contributed by atoms with Crippen LogP contribution < -0.4 is 10.6 Å². The van der Waals surface area contributed by atoms with Gasteiger partial charge in [-0.3, -0.25) is 14.9 Å². The molecule has 3 aromatic rings. The van der Waals surface area contributed by atoms with Gasteiger partial charge < -0.3 is 14.6 Å². The van der Waals surface area contributed by atoms with Crippen molar-refractivity contribution in [1.29, 1.82) is 0 Å². The topological polar surface area (TPSA) is 119 Å². The number of nitrogens with one attached hydrogen (secondary N) is 2. The van der Waals surface area contributed by atoms with Crippen molar-refractivity contribution in [3.8, 4) is 11.3 Å². The number of hydrogen-bond donors (Lipinski definition) is 2. The normalized spacial score (nSPS) is 15.8. The second-order valence-electron chi connectivity index (χ2n) is 6.50. The quantitative estimate of drug-likeness (QED) is 0.401. The Labute approximate surface area is 180 Å². The Bertz CT molecular complexity index is 1000. The molecule has 0 saturated carbocycles.